The molecule has 0 atom stereocenters. The van der Waals surface area contributed by atoms with E-state index in [1.54, 1.807) is 24.3 Å². The minimum atomic E-state index is -0.848. The van der Waals surface area contributed by atoms with E-state index >= 15 is 0 Å². The third-order valence-corrected chi connectivity index (χ3v) is 2.50. The summed E-state index contributed by atoms with van der Waals surface area (Å²) in [5.74, 6) is -1.68. The molecule has 82 valence electrons. The summed E-state index contributed by atoms with van der Waals surface area (Å²) in [6, 6.07) is 9.29. The van der Waals surface area contributed by atoms with Crippen LogP contribution in [0.2, 0.25) is 0 Å². The van der Waals surface area contributed by atoms with E-state index in [0.29, 0.717) is 11.3 Å². The Bertz CT molecular complexity index is 535. The highest BCUT2D eigenvalue weighted by Crippen LogP contribution is 2.28. The van der Waals surface area contributed by atoms with Gasteiger partial charge in [0.2, 0.25) is 0 Å². The maximum atomic E-state index is 13.6. The number of halogens is 2. The van der Waals surface area contributed by atoms with E-state index in [9.17, 15) is 8.78 Å². The normalized spacial score (nSPS) is 10.4. The van der Waals surface area contributed by atoms with Gasteiger partial charge >= 0.3 is 0 Å². The van der Waals surface area contributed by atoms with Gasteiger partial charge in [0, 0.05) is 11.3 Å². The lowest BCUT2D eigenvalue weighted by molar-refractivity contribution is 0.511. The monoisotopic (exact) mass is 219 g/mol. The molecule has 1 nitrogen and oxygen atoms in total. The van der Waals surface area contributed by atoms with Gasteiger partial charge in [0.15, 0.2) is 11.6 Å². The van der Waals surface area contributed by atoms with Gasteiger partial charge in [0.05, 0.1) is 0 Å². The molecule has 0 spiro atoms. The number of nitrogens with two attached hydrogens (primary N) is 1. The summed E-state index contributed by atoms with van der Waals surface area (Å²) < 4.78 is 26.7. The fourth-order valence-electron chi connectivity index (χ4n) is 1.64. The Labute approximate surface area is 92.5 Å². The van der Waals surface area contributed by atoms with Crippen LogP contribution < -0.4 is 5.73 Å². The maximum absolute atomic E-state index is 13.6. The Morgan fingerprint density at radius 1 is 1.00 bits per heavy atom. The average molecular weight is 219 g/mol. The van der Waals surface area contributed by atoms with Gasteiger partial charge in [-0.1, -0.05) is 18.2 Å². The molecular formula is C13H11F2N. The first kappa shape index (κ1) is 10.6. The molecule has 0 unspecified atom stereocenters. The van der Waals surface area contributed by atoms with E-state index in [-0.39, 0.29) is 5.56 Å². The number of hydrogen-bond acceptors (Lipinski definition) is 1. The first-order valence-electron chi connectivity index (χ1n) is 4.90. The van der Waals surface area contributed by atoms with Gasteiger partial charge in [-0.25, -0.2) is 8.78 Å². The molecular weight excluding hydrogens is 208 g/mol. The molecule has 16 heavy (non-hydrogen) atoms. The molecule has 2 N–H and O–H groups in total. The Kier molecular flexibility index (Phi) is 2.60. The van der Waals surface area contributed by atoms with Crippen molar-refractivity contribution in [2.45, 2.75) is 6.92 Å². The second-order valence-electron chi connectivity index (χ2n) is 3.68. The van der Waals surface area contributed by atoms with Crippen LogP contribution in [0, 0.1) is 18.6 Å². The van der Waals surface area contributed by atoms with Crippen LogP contribution in [0.1, 0.15) is 5.56 Å². The molecule has 0 heterocycles. The predicted molar refractivity (Wildman–Crippen MR) is 60.9 cm³/mol. The molecule has 2 aromatic carbocycles. The Hall–Kier alpha value is -1.90. The van der Waals surface area contributed by atoms with Crippen LogP contribution in [0.25, 0.3) is 11.1 Å². The van der Waals surface area contributed by atoms with Crippen molar-refractivity contribution in [1.29, 1.82) is 0 Å². The fraction of sp³-hybridized carbons (Fsp3) is 0.0769. The number of benzene rings is 2. The molecule has 0 saturated carbocycles. The molecule has 0 aliphatic heterocycles. The first-order valence-corrected chi connectivity index (χ1v) is 4.90. The van der Waals surface area contributed by atoms with Crippen molar-refractivity contribution in [3.63, 3.8) is 0 Å². The van der Waals surface area contributed by atoms with Crippen LogP contribution in [-0.4, -0.2) is 0 Å². The standard InChI is InChI=1S/C13H11F2N/c1-8-5-6-9(16)7-11(8)10-3-2-4-12(14)13(10)15/h2-7H,16H2,1H3. The summed E-state index contributed by atoms with van der Waals surface area (Å²) >= 11 is 0. The predicted octanol–water partition coefficient (Wildman–Crippen LogP) is 3.52. The Balaban J connectivity index is 2.67. The lowest BCUT2D eigenvalue weighted by Crippen LogP contribution is -1.93. The summed E-state index contributed by atoms with van der Waals surface area (Å²) in [4.78, 5) is 0. The third kappa shape index (κ3) is 1.76. The summed E-state index contributed by atoms with van der Waals surface area (Å²) in [6.45, 7) is 1.83. The zero-order valence-electron chi connectivity index (χ0n) is 8.80. The van der Waals surface area contributed by atoms with Gasteiger partial charge in [0.25, 0.3) is 0 Å². The first-order chi connectivity index (χ1) is 7.59. The molecule has 0 bridgehead atoms. The Morgan fingerprint density at radius 3 is 2.50 bits per heavy atom. The van der Waals surface area contributed by atoms with Crippen LogP contribution in [-0.2, 0) is 0 Å². The molecule has 0 aliphatic carbocycles. The van der Waals surface area contributed by atoms with Crippen molar-refractivity contribution >= 4 is 5.69 Å². The summed E-state index contributed by atoms with van der Waals surface area (Å²) in [5, 5.41) is 0. The van der Waals surface area contributed by atoms with Crippen LogP contribution in [0.15, 0.2) is 36.4 Å². The van der Waals surface area contributed by atoms with Gasteiger partial charge in [-0.2, -0.15) is 0 Å². The second kappa shape index (κ2) is 3.93. The van der Waals surface area contributed by atoms with Crippen molar-refractivity contribution in [3.05, 3.63) is 53.6 Å². The number of aryl methyl sites for hydroxylation is 1. The van der Waals surface area contributed by atoms with Gasteiger partial charge in [-0.05, 0) is 36.2 Å². The van der Waals surface area contributed by atoms with Crippen molar-refractivity contribution < 1.29 is 8.78 Å². The molecule has 2 aromatic rings. The third-order valence-electron chi connectivity index (χ3n) is 2.50. The molecule has 0 radical (unpaired) electrons. The summed E-state index contributed by atoms with van der Waals surface area (Å²) in [5.41, 5.74) is 7.89. The SMILES string of the molecule is Cc1ccc(N)cc1-c1cccc(F)c1F. The molecule has 0 saturated heterocycles. The van der Waals surface area contributed by atoms with E-state index in [0.717, 1.165) is 11.6 Å². The van der Waals surface area contributed by atoms with E-state index in [4.69, 9.17) is 5.73 Å². The lowest BCUT2D eigenvalue weighted by atomic mass is 9.99. The summed E-state index contributed by atoms with van der Waals surface area (Å²) in [7, 11) is 0. The molecule has 0 aromatic heterocycles. The highest BCUT2D eigenvalue weighted by atomic mass is 19.2. The molecule has 2 rings (SSSR count). The van der Waals surface area contributed by atoms with E-state index in [2.05, 4.69) is 0 Å². The highest BCUT2D eigenvalue weighted by molar-refractivity contribution is 5.71. The molecule has 0 fully saturated rings. The smallest absolute Gasteiger partial charge is 0.166 e. The van der Waals surface area contributed by atoms with Crippen LogP contribution in [0.3, 0.4) is 0 Å². The minimum absolute atomic E-state index is 0.241. The fourth-order valence-corrected chi connectivity index (χ4v) is 1.64. The number of rotatable bonds is 1. The minimum Gasteiger partial charge on any atom is -0.399 e. The van der Waals surface area contributed by atoms with Crippen LogP contribution >= 0.6 is 0 Å². The zero-order valence-corrected chi connectivity index (χ0v) is 8.80. The zero-order chi connectivity index (χ0) is 11.7. The van der Waals surface area contributed by atoms with Crippen molar-refractivity contribution in [2.24, 2.45) is 0 Å². The van der Waals surface area contributed by atoms with Crippen molar-refractivity contribution in [3.8, 4) is 11.1 Å². The van der Waals surface area contributed by atoms with E-state index in [1.807, 2.05) is 6.92 Å². The molecule has 0 aliphatic rings. The van der Waals surface area contributed by atoms with Gasteiger partial charge in [-0.3, -0.25) is 0 Å². The summed E-state index contributed by atoms with van der Waals surface area (Å²) in [6.07, 6.45) is 0. The Morgan fingerprint density at radius 2 is 1.75 bits per heavy atom. The largest absolute Gasteiger partial charge is 0.399 e. The number of anilines is 1. The molecule has 0 amide bonds. The van der Waals surface area contributed by atoms with E-state index in [1.165, 1.54) is 6.07 Å². The number of hydrogen-bond donors (Lipinski definition) is 1. The van der Waals surface area contributed by atoms with Crippen LogP contribution in [0.5, 0.6) is 0 Å². The maximum Gasteiger partial charge on any atom is 0.166 e. The average Bonchev–Trinajstić information content (AvgIpc) is 2.26. The number of nitrogen functional groups attached to an aromatic ring is 1. The molecule has 3 heteroatoms. The van der Waals surface area contributed by atoms with Gasteiger partial charge in [-0.15, -0.1) is 0 Å². The van der Waals surface area contributed by atoms with Crippen molar-refractivity contribution in [2.75, 3.05) is 5.73 Å². The van der Waals surface area contributed by atoms with E-state index < -0.39 is 11.6 Å². The van der Waals surface area contributed by atoms with Crippen LogP contribution in [0.4, 0.5) is 14.5 Å². The quantitative estimate of drug-likeness (QED) is 0.729. The van der Waals surface area contributed by atoms with Gasteiger partial charge in [0.1, 0.15) is 0 Å². The topological polar surface area (TPSA) is 26.0 Å². The highest BCUT2D eigenvalue weighted by Gasteiger charge is 2.11. The van der Waals surface area contributed by atoms with Crippen molar-refractivity contribution in [1.82, 2.24) is 0 Å². The van der Waals surface area contributed by atoms with Gasteiger partial charge < -0.3 is 5.73 Å². The lowest BCUT2D eigenvalue weighted by Gasteiger charge is -2.08. The second-order valence-corrected chi connectivity index (χ2v) is 3.68.